The van der Waals surface area contributed by atoms with E-state index in [1.807, 2.05) is 19.2 Å². The molecular formula is C21H36IN3O2. The highest BCUT2D eigenvalue weighted by Crippen LogP contribution is 2.43. The van der Waals surface area contributed by atoms with Gasteiger partial charge in [-0.3, -0.25) is 4.99 Å². The van der Waals surface area contributed by atoms with Gasteiger partial charge >= 0.3 is 0 Å². The predicted molar refractivity (Wildman–Crippen MR) is 124 cm³/mol. The Hall–Kier alpha value is -1.02. The lowest BCUT2D eigenvalue weighted by atomic mass is 9.67. The van der Waals surface area contributed by atoms with Crippen LogP contribution in [0.4, 0.5) is 0 Å². The number of hydrogen-bond donors (Lipinski definition) is 2. The summed E-state index contributed by atoms with van der Waals surface area (Å²) in [5.41, 5.74) is 1.73. The number of halogens is 1. The van der Waals surface area contributed by atoms with Gasteiger partial charge in [-0.05, 0) is 54.7 Å². The van der Waals surface area contributed by atoms with E-state index in [0.29, 0.717) is 11.3 Å². The van der Waals surface area contributed by atoms with Crippen molar-refractivity contribution in [3.63, 3.8) is 0 Å². The number of aliphatic imine (C=N–C) groups is 1. The summed E-state index contributed by atoms with van der Waals surface area (Å²) in [4.78, 5) is 4.37. The van der Waals surface area contributed by atoms with Gasteiger partial charge in [0.2, 0.25) is 0 Å². The maximum atomic E-state index is 5.27. The van der Waals surface area contributed by atoms with Gasteiger partial charge in [0.1, 0.15) is 5.75 Å². The zero-order valence-electron chi connectivity index (χ0n) is 17.2. The molecule has 1 aliphatic rings. The summed E-state index contributed by atoms with van der Waals surface area (Å²) in [5.74, 6) is 2.30. The van der Waals surface area contributed by atoms with Gasteiger partial charge in [-0.2, -0.15) is 0 Å². The molecule has 0 radical (unpaired) electrons. The van der Waals surface area contributed by atoms with E-state index in [1.165, 1.54) is 24.8 Å². The van der Waals surface area contributed by atoms with Crippen molar-refractivity contribution in [1.29, 1.82) is 0 Å². The molecule has 0 bridgehead atoms. The summed E-state index contributed by atoms with van der Waals surface area (Å²) < 4.78 is 10.5. The van der Waals surface area contributed by atoms with E-state index in [-0.39, 0.29) is 24.0 Å². The molecule has 0 aromatic heterocycles. The molecular weight excluding hydrogens is 453 g/mol. The van der Waals surface area contributed by atoms with Crippen molar-refractivity contribution in [1.82, 2.24) is 10.6 Å². The van der Waals surface area contributed by atoms with Crippen LogP contribution < -0.4 is 15.4 Å². The second-order valence-corrected chi connectivity index (χ2v) is 7.41. The molecule has 1 fully saturated rings. The highest BCUT2D eigenvalue weighted by molar-refractivity contribution is 14.0. The van der Waals surface area contributed by atoms with Crippen molar-refractivity contribution in [3.05, 3.63) is 29.8 Å². The SMILES string of the molecule is CN=C(NCCC(C)c1ccc(OC)cc1)NCC1(CCOC)CCC1.I. The predicted octanol–water partition coefficient (Wildman–Crippen LogP) is 4.18. The zero-order chi connectivity index (χ0) is 18.8. The first-order valence-electron chi connectivity index (χ1n) is 9.70. The average Bonchev–Trinajstić information content (AvgIpc) is 2.65. The van der Waals surface area contributed by atoms with Gasteiger partial charge in [0.05, 0.1) is 7.11 Å². The Morgan fingerprint density at radius 3 is 2.41 bits per heavy atom. The number of nitrogens with zero attached hydrogens (tertiary/aromatic N) is 1. The van der Waals surface area contributed by atoms with Crippen molar-refractivity contribution in [3.8, 4) is 5.75 Å². The molecule has 6 heteroatoms. The van der Waals surface area contributed by atoms with Crippen LogP contribution in [-0.4, -0.2) is 46.9 Å². The number of rotatable bonds is 10. The van der Waals surface area contributed by atoms with Crippen LogP contribution in [0.15, 0.2) is 29.3 Å². The molecule has 2 rings (SSSR count). The summed E-state index contributed by atoms with van der Waals surface area (Å²) in [6, 6.07) is 8.34. The number of nitrogens with one attached hydrogen (secondary N) is 2. The normalized spacial score (nSPS) is 16.7. The van der Waals surface area contributed by atoms with Crippen LogP contribution in [0.1, 0.15) is 50.5 Å². The molecule has 0 saturated heterocycles. The second kappa shape index (κ2) is 12.4. The summed E-state index contributed by atoms with van der Waals surface area (Å²) in [5, 5.41) is 6.97. The molecule has 5 nitrogen and oxygen atoms in total. The third kappa shape index (κ3) is 7.49. The van der Waals surface area contributed by atoms with E-state index >= 15 is 0 Å². The van der Waals surface area contributed by atoms with Gasteiger partial charge in [0.25, 0.3) is 0 Å². The highest BCUT2D eigenvalue weighted by atomic mass is 127. The van der Waals surface area contributed by atoms with Crippen molar-refractivity contribution in [2.24, 2.45) is 10.4 Å². The number of ether oxygens (including phenoxy) is 2. The molecule has 0 amide bonds. The number of guanidine groups is 1. The third-order valence-electron chi connectivity index (χ3n) is 5.66. The first-order valence-corrected chi connectivity index (χ1v) is 9.70. The summed E-state index contributed by atoms with van der Waals surface area (Å²) in [7, 11) is 5.32. The molecule has 1 aromatic rings. The maximum Gasteiger partial charge on any atom is 0.190 e. The molecule has 154 valence electrons. The van der Waals surface area contributed by atoms with Gasteiger partial charge in [0.15, 0.2) is 5.96 Å². The fraction of sp³-hybridized carbons (Fsp3) is 0.667. The Morgan fingerprint density at radius 2 is 1.89 bits per heavy atom. The maximum absolute atomic E-state index is 5.27. The molecule has 1 aliphatic carbocycles. The van der Waals surface area contributed by atoms with Gasteiger partial charge in [-0.1, -0.05) is 25.5 Å². The number of hydrogen-bond acceptors (Lipinski definition) is 3. The van der Waals surface area contributed by atoms with Crippen LogP contribution in [0.25, 0.3) is 0 Å². The smallest absolute Gasteiger partial charge is 0.190 e. The van der Waals surface area contributed by atoms with Crippen molar-refractivity contribution in [2.45, 2.75) is 44.9 Å². The molecule has 2 N–H and O–H groups in total. The van der Waals surface area contributed by atoms with Gasteiger partial charge in [-0.25, -0.2) is 0 Å². The van der Waals surface area contributed by atoms with E-state index in [4.69, 9.17) is 9.47 Å². The summed E-state index contributed by atoms with van der Waals surface area (Å²) in [6.45, 7) is 4.98. The molecule has 27 heavy (non-hydrogen) atoms. The van der Waals surface area contributed by atoms with E-state index in [2.05, 4.69) is 34.7 Å². The summed E-state index contributed by atoms with van der Waals surface area (Å²) in [6.07, 6.45) is 6.09. The molecule has 0 aliphatic heterocycles. The lowest BCUT2D eigenvalue weighted by Gasteiger charge is -2.42. The fourth-order valence-electron chi connectivity index (χ4n) is 3.51. The molecule has 1 atom stereocenters. The number of benzene rings is 1. The Balaban J connectivity index is 0.00000364. The van der Waals surface area contributed by atoms with Crippen LogP contribution in [0.3, 0.4) is 0 Å². The average molecular weight is 489 g/mol. The lowest BCUT2D eigenvalue weighted by Crippen LogP contribution is -2.47. The lowest BCUT2D eigenvalue weighted by molar-refractivity contribution is 0.0732. The van der Waals surface area contributed by atoms with E-state index in [1.54, 1.807) is 14.2 Å². The second-order valence-electron chi connectivity index (χ2n) is 7.41. The zero-order valence-corrected chi connectivity index (χ0v) is 19.5. The minimum absolute atomic E-state index is 0. The van der Waals surface area contributed by atoms with Crippen LogP contribution >= 0.6 is 24.0 Å². The van der Waals surface area contributed by atoms with Gasteiger partial charge in [0, 0.05) is 33.9 Å². The minimum Gasteiger partial charge on any atom is -0.497 e. The van der Waals surface area contributed by atoms with Crippen LogP contribution in [0, 0.1) is 5.41 Å². The van der Waals surface area contributed by atoms with Crippen molar-refractivity contribution in [2.75, 3.05) is 41.0 Å². The van der Waals surface area contributed by atoms with Crippen molar-refractivity contribution < 1.29 is 9.47 Å². The van der Waals surface area contributed by atoms with Gasteiger partial charge < -0.3 is 20.1 Å². The summed E-state index contributed by atoms with van der Waals surface area (Å²) >= 11 is 0. The quantitative estimate of drug-likeness (QED) is 0.294. The number of methoxy groups -OCH3 is 2. The molecule has 0 heterocycles. The minimum atomic E-state index is 0. The standard InChI is InChI=1S/C21H35N3O2.HI/c1-17(18-6-8-19(26-4)9-7-18)10-14-23-20(22-2)24-16-21(11-5-12-21)13-15-25-3;/h6-9,17H,5,10-16H2,1-4H3,(H2,22,23,24);1H. The highest BCUT2D eigenvalue weighted by Gasteiger charge is 2.36. The Morgan fingerprint density at radius 1 is 1.19 bits per heavy atom. The Kier molecular flexibility index (Phi) is 11.1. The van der Waals surface area contributed by atoms with E-state index in [9.17, 15) is 0 Å². The first-order chi connectivity index (χ1) is 12.6. The largest absolute Gasteiger partial charge is 0.497 e. The van der Waals surface area contributed by atoms with Crippen molar-refractivity contribution >= 4 is 29.9 Å². The molecule has 1 aromatic carbocycles. The first kappa shape index (κ1) is 24.0. The Labute approximate surface area is 181 Å². The molecule has 0 spiro atoms. The Bertz CT molecular complexity index is 559. The van der Waals surface area contributed by atoms with E-state index in [0.717, 1.165) is 44.2 Å². The fourth-order valence-corrected chi connectivity index (χ4v) is 3.51. The van der Waals surface area contributed by atoms with Crippen LogP contribution in [0.5, 0.6) is 5.75 Å². The van der Waals surface area contributed by atoms with Crippen LogP contribution in [-0.2, 0) is 4.74 Å². The van der Waals surface area contributed by atoms with Gasteiger partial charge in [-0.15, -0.1) is 24.0 Å². The van der Waals surface area contributed by atoms with E-state index < -0.39 is 0 Å². The monoisotopic (exact) mass is 489 g/mol. The third-order valence-corrected chi connectivity index (χ3v) is 5.66. The topological polar surface area (TPSA) is 54.9 Å². The molecule has 1 saturated carbocycles. The molecule has 1 unspecified atom stereocenters. The van der Waals surface area contributed by atoms with Crippen LogP contribution in [0.2, 0.25) is 0 Å².